The van der Waals surface area contributed by atoms with E-state index in [0.29, 0.717) is 29.7 Å². The van der Waals surface area contributed by atoms with Crippen molar-refractivity contribution in [1.29, 1.82) is 0 Å². The van der Waals surface area contributed by atoms with Crippen molar-refractivity contribution in [3.05, 3.63) is 69.8 Å². The number of halogens is 2. The number of carbonyl (C=O) groups excluding carboxylic acids is 2. The second kappa shape index (κ2) is 9.84. The summed E-state index contributed by atoms with van der Waals surface area (Å²) in [5.41, 5.74) is 2.98. The first-order valence-electron chi connectivity index (χ1n) is 10.7. The average molecular weight is 473 g/mol. The number of para-hydroxylation sites is 1. The first kappa shape index (κ1) is 22.5. The van der Waals surface area contributed by atoms with Crippen LogP contribution in [0.3, 0.4) is 0 Å². The number of aromatic amines is 1. The maximum atomic E-state index is 13.0. The van der Waals surface area contributed by atoms with Crippen LogP contribution in [0.25, 0.3) is 10.9 Å². The van der Waals surface area contributed by atoms with E-state index in [1.165, 1.54) is 6.92 Å². The van der Waals surface area contributed by atoms with Gasteiger partial charge in [0.25, 0.3) is 0 Å². The first-order chi connectivity index (χ1) is 15.4. The van der Waals surface area contributed by atoms with E-state index in [0.717, 1.165) is 34.9 Å². The molecule has 3 amide bonds. The average Bonchev–Trinajstić information content (AvgIpc) is 3.19. The van der Waals surface area contributed by atoms with Crippen LogP contribution in [0.5, 0.6) is 0 Å². The summed E-state index contributed by atoms with van der Waals surface area (Å²) in [7, 11) is 0. The summed E-state index contributed by atoms with van der Waals surface area (Å²) >= 11 is 12.7. The van der Waals surface area contributed by atoms with Crippen LogP contribution >= 0.6 is 23.2 Å². The predicted molar refractivity (Wildman–Crippen MR) is 128 cm³/mol. The lowest BCUT2D eigenvalue weighted by Gasteiger charge is -2.33. The summed E-state index contributed by atoms with van der Waals surface area (Å²) in [5, 5.41) is 8.22. The molecule has 1 aromatic heterocycles. The van der Waals surface area contributed by atoms with Gasteiger partial charge in [-0.1, -0.05) is 47.5 Å². The van der Waals surface area contributed by atoms with E-state index in [1.807, 2.05) is 36.5 Å². The minimum Gasteiger partial charge on any atom is -0.361 e. The topological polar surface area (TPSA) is 77.2 Å². The molecule has 1 fully saturated rings. The van der Waals surface area contributed by atoms with Crippen molar-refractivity contribution in [3.8, 4) is 0 Å². The minimum atomic E-state index is -0.157. The smallest absolute Gasteiger partial charge is 0.317 e. The normalized spacial score (nSPS) is 17.2. The molecule has 3 N–H and O–H groups in total. The fourth-order valence-corrected chi connectivity index (χ4v) is 4.96. The highest BCUT2D eigenvalue weighted by atomic mass is 35.5. The third kappa shape index (κ3) is 5.03. The van der Waals surface area contributed by atoms with Crippen LogP contribution in [-0.4, -0.2) is 47.5 Å². The molecule has 2 aromatic carbocycles. The molecule has 0 radical (unpaired) electrons. The summed E-state index contributed by atoms with van der Waals surface area (Å²) < 4.78 is 0. The zero-order valence-electron chi connectivity index (χ0n) is 17.8. The molecule has 1 saturated heterocycles. The van der Waals surface area contributed by atoms with Crippen LogP contribution in [0.15, 0.2) is 48.7 Å². The van der Waals surface area contributed by atoms with Gasteiger partial charge in [-0.3, -0.25) is 4.79 Å². The monoisotopic (exact) mass is 472 g/mol. The summed E-state index contributed by atoms with van der Waals surface area (Å²) in [6.07, 6.45) is 3.70. The summed E-state index contributed by atoms with van der Waals surface area (Å²) in [4.78, 5) is 29.5. The Labute approximate surface area is 197 Å². The predicted octanol–water partition coefficient (Wildman–Crippen LogP) is 4.92. The Balaban J connectivity index is 1.56. The Bertz CT molecular complexity index is 1130. The lowest BCUT2D eigenvalue weighted by molar-refractivity contribution is -0.119. The Morgan fingerprint density at radius 1 is 1.19 bits per heavy atom. The van der Waals surface area contributed by atoms with Gasteiger partial charge in [-0.05, 0) is 42.2 Å². The highest BCUT2D eigenvalue weighted by Gasteiger charge is 2.26. The van der Waals surface area contributed by atoms with Crippen LogP contribution in [0.2, 0.25) is 10.0 Å². The number of hydrogen-bond acceptors (Lipinski definition) is 2. The molecule has 1 aliphatic rings. The van der Waals surface area contributed by atoms with Crippen LogP contribution in [-0.2, 0) is 4.79 Å². The van der Waals surface area contributed by atoms with Crippen molar-refractivity contribution in [2.45, 2.75) is 31.7 Å². The number of aromatic nitrogens is 1. The van der Waals surface area contributed by atoms with Gasteiger partial charge in [-0.25, -0.2) is 4.79 Å². The molecule has 2 unspecified atom stereocenters. The van der Waals surface area contributed by atoms with Crippen molar-refractivity contribution in [2.75, 3.05) is 19.6 Å². The molecular weight excluding hydrogens is 447 g/mol. The molecule has 168 valence electrons. The van der Waals surface area contributed by atoms with Crippen molar-refractivity contribution in [2.24, 2.45) is 0 Å². The molecule has 8 heteroatoms. The third-order valence-corrected chi connectivity index (χ3v) is 6.47. The van der Waals surface area contributed by atoms with E-state index < -0.39 is 0 Å². The molecule has 0 aliphatic carbocycles. The van der Waals surface area contributed by atoms with Crippen LogP contribution in [0.4, 0.5) is 4.79 Å². The third-order valence-electron chi connectivity index (χ3n) is 5.91. The highest BCUT2D eigenvalue weighted by molar-refractivity contribution is 6.35. The largest absolute Gasteiger partial charge is 0.361 e. The number of rotatable bonds is 5. The zero-order valence-corrected chi connectivity index (χ0v) is 19.3. The van der Waals surface area contributed by atoms with Crippen LogP contribution < -0.4 is 10.6 Å². The molecule has 32 heavy (non-hydrogen) atoms. The van der Waals surface area contributed by atoms with E-state index in [2.05, 4.69) is 21.7 Å². The minimum absolute atomic E-state index is 0.0119. The second-order valence-electron chi connectivity index (χ2n) is 8.18. The Hall–Kier alpha value is -2.70. The Morgan fingerprint density at radius 3 is 2.78 bits per heavy atom. The number of carbonyl (C=O) groups is 2. The standard InChI is InChI=1S/C24H26Cl2N4O2/c1-15(31)29-17-5-4-10-30(14-17)24(32)28-13-20(18-9-8-16(25)11-22(18)26)21-12-27-23-7-3-2-6-19(21)23/h2-3,6-9,11-12,17,20,27H,4-5,10,13-14H2,1H3,(H,28,32)(H,29,31). The molecule has 2 atom stereocenters. The number of hydrogen-bond donors (Lipinski definition) is 3. The molecule has 0 bridgehead atoms. The van der Waals surface area contributed by atoms with Gasteiger partial charge in [0.05, 0.1) is 0 Å². The lowest BCUT2D eigenvalue weighted by atomic mass is 9.90. The Morgan fingerprint density at radius 2 is 2.00 bits per heavy atom. The number of piperidine rings is 1. The molecule has 0 saturated carbocycles. The maximum absolute atomic E-state index is 13.0. The van der Waals surface area contributed by atoms with Gasteiger partial charge in [0.2, 0.25) is 5.91 Å². The molecule has 6 nitrogen and oxygen atoms in total. The zero-order chi connectivity index (χ0) is 22.7. The molecule has 3 aromatic rings. The molecule has 0 spiro atoms. The quantitative estimate of drug-likeness (QED) is 0.492. The summed E-state index contributed by atoms with van der Waals surface area (Å²) in [5.74, 6) is -0.232. The number of nitrogens with zero attached hydrogens (tertiary/aromatic N) is 1. The van der Waals surface area contributed by atoms with E-state index in [9.17, 15) is 9.59 Å². The summed E-state index contributed by atoms with van der Waals surface area (Å²) in [6, 6.07) is 13.4. The van der Waals surface area contributed by atoms with Crippen molar-refractivity contribution < 1.29 is 9.59 Å². The van der Waals surface area contributed by atoms with Crippen molar-refractivity contribution >= 4 is 46.0 Å². The fraction of sp³-hybridized carbons (Fsp3) is 0.333. The SMILES string of the molecule is CC(=O)NC1CCCN(C(=O)NCC(c2ccc(Cl)cc2Cl)c2c[nH]c3ccccc23)C1. The second-order valence-corrected chi connectivity index (χ2v) is 9.02. The fourth-order valence-electron chi connectivity index (χ4n) is 4.42. The lowest BCUT2D eigenvalue weighted by Crippen LogP contribution is -2.52. The van der Waals surface area contributed by atoms with Crippen molar-refractivity contribution in [1.82, 2.24) is 20.5 Å². The van der Waals surface area contributed by atoms with Crippen molar-refractivity contribution in [3.63, 3.8) is 0 Å². The van der Waals surface area contributed by atoms with E-state index >= 15 is 0 Å². The van der Waals surface area contributed by atoms with E-state index in [-0.39, 0.29) is 23.9 Å². The van der Waals surface area contributed by atoms with Crippen LogP contribution in [0, 0.1) is 0 Å². The number of amides is 3. The molecule has 2 heterocycles. The van der Waals surface area contributed by atoms with Gasteiger partial charge in [0.1, 0.15) is 0 Å². The maximum Gasteiger partial charge on any atom is 0.317 e. The number of urea groups is 1. The van der Waals surface area contributed by atoms with E-state index in [1.54, 1.807) is 11.0 Å². The van der Waals surface area contributed by atoms with Gasteiger partial charge in [0.15, 0.2) is 0 Å². The van der Waals surface area contributed by atoms with Gasteiger partial charge < -0.3 is 20.5 Å². The number of likely N-dealkylation sites (tertiary alicyclic amines) is 1. The Kier molecular flexibility index (Phi) is 6.92. The van der Waals surface area contributed by atoms with Gasteiger partial charge in [-0.2, -0.15) is 0 Å². The van der Waals surface area contributed by atoms with Gasteiger partial charge in [-0.15, -0.1) is 0 Å². The summed E-state index contributed by atoms with van der Waals surface area (Å²) in [6.45, 7) is 3.05. The highest BCUT2D eigenvalue weighted by Crippen LogP contribution is 2.35. The van der Waals surface area contributed by atoms with Gasteiger partial charge >= 0.3 is 6.03 Å². The number of H-pyrrole nitrogens is 1. The first-order valence-corrected chi connectivity index (χ1v) is 11.5. The number of benzene rings is 2. The van der Waals surface area contributed by atoms with Crippen LogP contribution in [0.1, 0.15) is 36.8 Å². The number of nitrogens with one attached hydrogen (secondary N) is 3. The van der Waals surface area contributed by atoms with E-state index in [4.69, 9.17) is 23.2 Å². The molecular formula is C24H26Cl2N4O2. The number of fused-ring (bicyclic) bond motifs is 1. The molecule has 4 rings (SSSR count). The van der Waals surface area contributed by atoms with Gasteiger partial charge in [0, 0.05) is 65.7 Å². The molecule has 1 aliphatic heterocycles.